The van der Waals surface area contributed by atoms with E-state index >= 15 is 0 Å². The van der Waals surface area contributed by atoms with Crippen LogP contribution in [0.15, 0.2) is 28.8 Å². The van der Waals surface area contributed by atoms with Crippen LogP contribution in [0, 0.1) is 5.82 Å². The minimum Gasteiger partial charge on any atom is -0.345 e. The smallest absolute Gasteiger partial charge is 0.232 e. The van der Waals surface area contributed by atoms with Gasteiger partial charge in [0.05, 0.1) is 11.3 Å². The van der Waals surface area contributed by atoms with E-state index in [2.05, 4.69) is 5.16 Å². The van der Waals surface area contributed by atoms with Crippen molar-refractivity contribution in [1.82, 2.24) is 15.0 Å². The molecule has 0 spiro atoms. The van der Waals surface area contributed by atoms with E-state index in [1.165, 1.54) is 18.6 Å². The zero-order chi connectivity index (χ0) is 17.4. The second-order valence-electron chi connectivity index (χ2n) is 7.28. The van der Waals surface area contributed by atoms with E-state index in [1.807, 2.05) is 12.1 Å². The maximum absolute atomic E-state index is 13.4. The highest BCUT2D eigenvalue weighted by Gasteiger charge is 2.41. The largest absolute Gasteiger partial charge is 0.345 e. The number of benzene rings is 1. The minimum atomic E-state index is -0.317. The molecule has 1 aliphatic carbocycles. The lowest BCUT2D eigenvalue weighted by Crippen LogP contribution is -2.32. The molecule has 1 saturated carbocycles. The molecule has 2 heterocycles. The van der Waals surface area contributed by atoms with Crippen molar-refractivity contribution in [2.24, 2.45) is 0 Å². The molecule has 1 saturated heterocycles. The minimum absolute atomic E-state index is 0.0346. The fourth-order valence-electron chi connectivity index (χ4n) is 4.19. The van der Waals surface area contributed by atoms with Crippen molar-refractivity contribution in [2.45, 2.75) is 49.9 Å². The molecule has 1 atom stereocenters. The molecule has 0 radical (unpaired) electrons. The van der Waals surface area contributed by atoms with Crippen LogP contribution < -0.4 is 0 Å². The molecule has 2 aliphatic rings. The maximum Gasteiger partial charge on any atom is 0.232 e. The second kappa shape index (κ2) is 6.24. The zero-order valence-corrected chi connectivity index (χ0v) is 14.4. The predicted octanol–water partition coefficient (Wildman–Crippen LogP) is 3.40. The fraction of sp³-hybridized carbons (Fsp3) is 0.526. The van der Waals surface area contributed by atoms with E-state index in [0.29, 0.717) is 24.7 Å². The summed E-state index contributed by atoms with van der Waals surface area (Å²) in [5.41, 5.74) is 0.725. The molecule has 6 heteroatoms. The normalized spacial score (nSPS) is 23.2. The highest BCUT2D eigenvalue weighted by atomic mass is 19.1. The number of likely N-dealkylation sites (N-methyl/N-ethyl adjacent to an activating group) is 1. The summed E-state index contributed by atoms with van der Waals surface area (Å²) >= 11 is 0. The van der Waals surface area contributed by atoms with Crippen molar-refractivity contribution in [3.63, 3.8) is 0 Å². The molecule has 2 fully saturated rings. The van der Waals surface area contributed by atoms with Gasteiger partial charge in [-0.05, 0) is 30.5 Å². The number of carbonyl (C=O) groups is 1. The van der Waals surface area contributed by atoms with Crippen molar-refractivity contribution in [2.75, 3.05) is 13.6 Å². The molecule has 5 nitrogen and oxygen atoms in total. The number of likely N-dealkylation sites (tertiary alicyclic amines) is 1. The molecule has 1 amide bonds. The number of carbonyl (C=O) groups excluding carboxylic acids is 1. The summed E-state index contributed by atoms with van der Waals surface area (Å²) in [6.07, 6.45) is 5.65. The molecule has 1 aliphatic heterocycles. The van der Waals surface area contributed by atoms with Crippen molar-refractivity contribution in [1.29, 1.82) is 0 Å². The third kappa shape index (κ3) is 2.83. The Balaban J connectivity index is 1.69. The molecule has 2 aromatic rings. The number of halogens is 1. The molecular weight excluding hydrogens is 321 g/mol. The van der Waals surface area contributed by atoms with Gasteiger partial charge in [0.25, 0.3) is 0 Å². The quantitative estimate of drug-likeness (QED) is 0.857. The number of nitrogens with zero attached hydrogens (tertiary/aromatic N) is 3. The summed E-state index contributed by atoms with van der Waals surface area (Å²) in [5.74, 6) is 1.05. The van der Waals surface area contributed by atoms with Gasteiger partial charge in [0, 0.05) is 20.0 Å². The van der Waals surface area contributed by atoms with Crippen LogP contribution in [-0.4, -0.2) is 34.5 Å². The zero-order valence-electron chi connectivity index (χ0n) is 14.4. The molecule has 25 heavy (non-hydrogen) atoms. The van der Waals surface area contributed by atoms with E-state index in [4.69, 9.17) is 9.51 Å². The monoisotopic (exact) mass is 343 g/mol. The van der Waals surface area contributed by atoms with Crippen LogP contribution in [0.2, 0.25) is 0 Å². The molecular formula is C19H22FN3O2. The Morgan fingerprint density at radius 2 is 1.92 bits per heavy atom. The highest BCUT2D eigenvalue weighted by molar-refractivity contribution is 5.79. The van der Waals surface area contributed by atoms with Gasteiger partial charge in [0.15, 0.2) is 5.82 Å². The molecule has 0 N–H and O–H groups in total. The summed E-state index contributed by atoms with van der Waals surface area (Å²) in [5, 5.41) is 4.30. The Labute approximate surface area is 146 Å². The SMILES string of the molecule is CN1CC(c2nc(C3(c4ccc(F)cc4)CCCCC3)no2)CC1=O. The first-order chi connectivity index (χ1) is 12.1. The summed E-state index contributed by atoms with van der Waals surface area (Å²) in [4.78, 5) is 18.2. The molecule has 1 unspecified atom stereocenters. The summed E-state index contributed by atoms with van der Waals surface area (Å²) < 4.78 is 18.9. The molecule has 1 aromatic heterocycles. The van der Waals surface area contributed by atoms with E-state index < -0.39 is 0 Å². The van der Waals surface area contributed by atoms with Crippen LogP contribution in [0.5, 0.6) is 0 Å². The first-order valence-electron chi connectivity index (χ1n) is 8.92. The number of rotatable bonds is 3. The third-order valence-electron chi connectivity index (χ3n) is 5.66. The van der Waals surface area contributed by atoms with Gasteiger partial charge >= 0.3 is 0 Å². The average Bonchev–Trinajstić information content (AvgIpc) is 3.24. The average molecular weight is 343 g/mol. The van der Waals surface area contributed by atoms with Gasteiger partial charge in [-0.3, -0.25) is 4.79 Å². The van der Waals surface area contributed by atoms with Crippen molar-refractivity contribution in [3.8, 4) is 0 Å². The van der Waals surface area contributed by atoms with Gasteiger partial charge in [0.1, 0.15) is 5.82 Å². The Hall–Kier alpha value is -2.24. The first-order valence-corrected chi connectivity index (χ1v) is 8.92. The number of hydrogen-bond acceptors (Lipinski definition) is 4. The van der Waals surface area contributed by atoms with Gasteiger partial charge in [0.2, 0.25) is 11.8 Å². The van der Waals surface area contributed by atoms with Crippen LogP contribution in [0.1, 0.15) is 61.7 Å². The topological polar surface area (TPSA) is 59.2 Å². The highest BCUT2D eigenvalue weighted by Crippen LogP contribution is 2.44. The number of hydrogen-bond donors (Lipinski definition) is 0. The van der Waals surface area contributed by atoms with Gasteiger partial charge in [-0.15, -0.1) is 0 Å². The van der Waals surface area contributed by atoms with Crippen molar-refractivity contribution < 1.29 is 13.7 Å². The van der Waals surface area contributed by atoms with Gasteiger partial charge < -0.3 is 9.42 Å². The van der Waals surface area contributed by atoms with Crippen LogP contribution >= 0.6 is 0 Å². The third-order valence-corrected chi connectivity index (χ3v) is 5.66. The maximum atomic E-state index is 13.4. The number of amides is 1. The van der Waals surface area contributed by atoms with Crippen LogP contribution in [-0.2, 0) is 10.2 Å². The van der Waals surface area contributed by atoms with E-state index in [-0.39, 0.29) is 23.1 Å². The van der Waals surface area contributed by atoms with Gasteiger partial charge in [-0.25, -0.2) is 4.39 Å². The van der Waals surface area contributed by atoms with Gasteiger partial charge in [-0.2, -0.15) is 4.98 Å². The summed E-state index contributed by atoms with van der Waals surface area (Å²) in [6, 6.07) is 6.67. The van der Waals surface area contributed by atoms with Crippen LogP contribution in [0.4, 0.5) is 4.39 Å². The predicted molar refractivity (Wildman–Crippen MR) is 89.6 cm³/mol. The first kappa shape index (κ1) is 16.2. The molecule has 0 bridgehead atoms. The standard InChI is InChI=1S/C19H22FN3O2/c1-23-12-13(11-16(23)24)17-21-18(22-25-17)19(9-3-2-4-10-19)14-5-7-15(20)8-6-14/h5-8,13H,2-4,9-12H2,1H3. The fourth-order valence-corrected chi connectivity index (χ4v) is 4.19. The Morgan fingerprint density at radius 3 is 2.56 bits per heavy atom. The van der Waals surface area contributed by atoms with Crippen molar-refractivity contribution >= 4 is 5.91 Å². The van der Waals surface area contributed by atoms with E-state index in [0.717, 1.165) is 31.2 Å². The van der Waals surface area contributed by atoms with Crippen molar-refractivity contribution in [3.05, 3.63) is 47.4 Å². The second-order valence-corrected chi connectivity index (χ2v) is 7.28. The molecule has 1 aromatic carbocycles. The lowest BCUT2D eigenvalue weighted by atomic mass is 9.69. The van der Waals surface area contributed by atoms with Crippen LogP contribution in [0.25, 0.3) is 0 Å². The van der Waals surface area contributed by atoms with Gasteiger partial charge in [-0.1, -0.05) is 36.6 Å². The number of aromatic nitrogens is 2. The molecule has 132 valence electrons. The van der Waals surface area contributed by atoms with Crippen LogP contribution in [0.3, 0.4) is 0 Å². The summed E-state index contributed by atoms with van der Waals surface area (Å²) in [6.45, 7) is 0.615. The Kier molecular flexibility index (Phi) is 4.06. The lowest BCUT2D eigenvalue weighted by Gasteiger charge is -2.35. The summed E-state index contributed by atoms with van der Waals surface area (Å²) in [7, 11) is 1.79. The van der Waals surface area contributed by atoms with E-state index in [1.54, 1.807) is 11.9 Å². The van der Waals surface area contributed by atoms with E-state index in [9.17, 15) is 9.18 Å². The lowest BCUT2D eigenvalue weighted by molar-refractivity contribution is -0.126. The molecule has 4 rings (SSSR count). The Bertz CT molecular complexity index is 765. The Morgan fingerprint density at radius 1 is 1.20 bits per heavy atom.